The van der Waals surface area contributed by atoms with Crippen LogP contribution in [0.3, 0.4) is 0 Å². The highest BCUT2D eigenvalue weighted by Gasteiger charge is 2.24. The molecule has 7 nitrogen and oxygen atoms in total. The highest BCUT2D eigenvalue weighted by molar-refractivity contribution is 7.99. The van der Waals surface area contributed by atoms with Gasteiger partial charge in [0, 0.05) is 12.4 Å². The van der Waals surface area contributed by atoms with E-state index in [0.29, 0.717) is 16.7 Å². The van der Waals surface area contributed by atoms with Crippen LogP contribution in [0.5, 0.6) is 0 Å². The van der Waals surface area contributed by atoms with Crippen molar-refractivity contribution in [2.24, 2.45) is 0 Å². The molecule has 2 rings (SSSR count). The van der Waals surface area contributed by atoms with Crippen molar-refractivity contribution in [2.45, 2.75) is 30.5 Å². The maximum atomic E-state index is 10.4. The van der Waals surface area contributed by atoms with Gasteiger partial charge in [-0.2, -0.15) is 0 Å². The maximum absolute atomic E-state index is 10.4. The molecule has 2 heterocycles. The third-order valence-electron chi connectivity index (χ3n) is 2.46. The minimum atomic E-state index is -0.833. The standard InChI is InChI=1S/C9H14N4O3S/c10-13-8(6-2-1-4-16-6)11-12-9(13)17-5-3-7(14)15/h6H,1-5,10H2,(H,14,15). The highest BCUT2D eigenvalue weighted by Crippen LogP contribution is 2.28. The molecule has 17 heavy (non-hydrogen) atoms. The van der Waals surface area contributed by atoms with Crippen molar-refractivity contribution >= 4 is 17.7 Å². The lowest BCUT2D eigenvalue weighted by Gasteiger charge is -2.08. The van der Waals surface area contributed by atoms with Gasteiger partial charge in [0.2, 0.25) is 5.16 Å². The molecule has 0 spiro atoms. The van der Waals surface area contributed by atoms with Gasteiger partial charge in [-0.15, -0.1) is 10.2 Å². The fourth-order valence-electron chi connectivity index (χ4n) is 1.62. The van der Waals surface area contributed by atoms with Crippen molar-refractivity contribution in [3.05, 3.63) is 5.82 Å². The van der Waals surface area contributed by atoms with Crippen molar-refractivity contribution in [1.82, 2.24) is 14.9 Å². The average molecular weight is 258 g/mol. The van der Waals surface area contributed by atoms with Crippen LogP contribution >= 0.6 is 11.8 Å². The van der Waals surface area contributed by atoms with Crippen molar-refractivity contribution in [3.63, 3.8) is 0 Å². The third-order valence-corrected chi connectivity index (χ3v) is 3.40. The molecule has 0 aromatic carbocycles. The molecule has 1 aromatic heterocycles. The molecule has 1 fully saturated rings. The molecule has 1 aromatic rings. The van der Waals surface area contributed by atoms with Gasteiger partial charge in [0.25, 0.3) is 0 Å². The fourth-order valence-corrected chi connectivity index (χ4v) is 2.41. The van der Waals surface area contributed by atoms with Gasteiger partial charge in [0.15, 0.2) is 5.82 Å². The maximum Gasteiger partial charge on any atom is 0.304 e. The molecule has 0 bridgehead atoms. The number of carboxylic acid groups (broad SMARTS) is 1. The first-order valence-corrected chi connectivity index (χ1v) is 6.33. The number of ether oxygens (including phenoxy) is 1. The number of carbonyl (C=O) groups is 1. The summed E-state index contributed by atoms with van der Waals surface area (Å²) in [6, 6.07) is 0. The Morgan fingerprint density at radius 2 is 2.47 bits per heavy atom. The molecule has 94 valence electrons. The largest absolute Gasteiger partial charge is 0.481 e. The molecule has 0 aliphatic carbocycles. The summed E-state index contributed by atoms with van der Waals surface area (Å²) < 4.78 is 6.86. The van der Waals surface area contributed by atoms with Crippen LogP contribution in [0, 0.1) is 0 Å². The second kappa shape index (κ2) is 5.37. The average Bonchev–Trinajstić information content (AvgIpc) is 2.88. The van der Waals surface area contributed by atoms with Gasteiger partial charge in [-0.1, -0.05) is 11.8 Å². The smallest absolute Gasteiger partial charge is 0.304 e. The fraction of sp³-hybridized carbons (Fsp3) is 0.667. The number of thioether (sulfide) groups is 1. The van der Waals surface area contributed by atoms with Crippen LogP contribution in [0.4, 0.5) is 0 Å². The molecule has 0 radical (unpaired) electrons. The summed E-state index contributed by atoms with van der Waals surface area (Å²) in [4.78, 5) is 10.4. The van der Waals surface area contributed by atoms with Gasteiger partial charge in [0.05, 0.1) is 6.42 Å². The first-order valence-electron chi connectivity index (χ1n) is 5.35. The van der Waals surface area contributed by atoms with E-state index in [0.717, 1.165) is 19.4 Å². The molecule has 1 aliphatic rings. The van der Waals surface area contributed by atoms with E-state index < -0.39 is 5.97 Å². The lowest BCUT2D eigenvalue weighted by Crippen LogP contribution is -2.17. The monoisotopic (exact) mass is 258 g/mol. The molecular formula is C9H14N4O3S. The number of nitrogens with zero attached hydrogens (tertiary/aromatic N) is 3. The zero-order valence-corrected chi connectivity index (χ0v) is 10.0. The van der Waals surface area contributed by atoms with Crippen LogP contribution in [0.1, 0.15) is 31.2 Å². The number of nitrogen functional groups attached to an aromatic ring is 1. The third kappa shape index (κ3) is 2.89. The number of hydrogen-bond acceptors (Lipinski definition) is 6. The van der Waals surface area contributed by atoms with Gasteiger partial charge in [-0.05, 0) is 12.8 Å². The molecule has 0 saturated carbocycles. The molecular weight excluding hydrogens is 244 g/mol. The van der Waals surface area contributed by atoms with Gasteiger partial charge in [-0.25, -0.2) is 4.68 Å². The summed E-state index contributed by atoms with van der Waals surface area (Å²) in [5.74, 6) is 6.05. The molecule has 1 saturated heterocycles. The van der Waals surface area contributed by atoms with Crippen molar-refractivity contribution in [1.29, 1.82) is 0 Å². The second-order valence-corrected chi connectivity index (χ2v) is 4.77. The van der Waals surface area contributed by atoms with E-state index in [1.54, 1.807) is 0 Å². The number of rotatable bonds is 5. The van der Waals surface area contributed by atoms with E-state index in [9.17, 15) is 4.79 Å². The van der Waals surface area contributed by atoms with E-state index >= 15 is 0 Å². The topological polar surface area (TPSA) is 103 Å². The molecule has 1 aliphatic heterocycles. The number of aliphatic carboxylic acids is 1. The van der Waals surface area contributed by atoms with Crippen molar-refractivity contribution in [2.75, 3.05) is 18.2 Å². The van der Waals surface area contributed by atoms with Gasteiger partial charge < -0.3 is 15.7 Å². The zero-order chi connectivity index (χ0) is 12.3. The number of nitrogens with two attached hydrogens (primary N) is 1. The Balaban J connectivity index is 1.97. The van der Waals surface area contributed by atoms with Gasteiger partial charge in [0.1, 0.15) is 6.10 Å². The first-order chi connectivity index (χ1) is 8.18. The number of carboxylic acids is 1. The van der Waals surface area contributed by atoms with E-state index in [1.165, 1.54) is 16.4 Å². The van der Waals surface area contributed by atoms with Gasteiger partial charge >= 0.3 is 5.97 Å². The first kappa shape index (κ1) is 12.2. The SMILES string of the molecule is Nn1c(SCCC(=O)O)nnc1C1CCCO1. The van der Waals surface area contributed by atoms with Crippen LogP contribution in [-0.4, -0.2) is 38.3 Å². The second-order valence-electron chi connectivity index (χ2n) is 3.70. The van der Waals surface area contributed by atoms with E-state index in [-0.39, 0.29) is 12.5 Å². The quantitative estimate of drug-likeness (QED) is 0.582. The van der Waals surface area contributed by atoms with E-state index in [2.05, 4.69) is 10.2 Å². The lowest BCUT2D eigenvalue weighted by molar-refractivity contribution is -0.136. The van der Waals surface area contributed by atoms with Crippen molar-refractivity contribution in [3.8, 4) is 0 Å². The number of hydrogen-bond donors (Lipinski definition) is 2. The minimum Gasteiger partial charge on any atom is -0.481 e. The van der Waals surface area contributed by atoms with Crippen LogP contribution in [0.2, 0.25) is 0 Å². The lowest BCUT2D eigenvalue weighted by atomic mass is 10.2. The summed E-state index contributed by atoms with van der Waals surface area (Å²) >= 11 is 1.28. The Morgan fingerprint density at radius 1 is 1.65 bits per heavy atom. The Kier molecular flexibility index (Phi) is 3.85. The van der Waals surface area contributed by atoms with E-state index in [4.69, 9.17) is 15.7 Å². The number of aromatic nitrogens is 3. The Morgan fingerprint density at radius 3 is 3.12 bits per heavy atom. The van der Waals surface area contributed by atoms with Crippen LogP contribution in [-0.2, 0) is 9.53 Å². The normalized spacial score (nSPS) is 19.6. The van der Waals surface area contributed by atoms with Crippen LogP contribution in [0.15, 0.2) is 5.16 Å². The van der Waals surface area contributed by atoms with Crippen LogP contribution in [0.25, 0.3) is 0 Å². The van der Waals surface area contributed by atoms with E-state index in [1.807, 2.05) is 0 Å². The van der Waals surface area contributed by atoms with Crippen molar-refractivity contribution < 1.29 is 14.6 Å². The molecule has 3 N–H and O–H groups in total. The summed E-state index contributed by atoms with van der Waals surface area (Å²) in [5.41, 5.74) is 0. The molecule has 1 atom stereocenters. The Bertz CT molecular complexity index is 403. The Hall–Kier alpha value is -1.28. The zero-order valence-electron chi connectivity index (χ0n) is 9.20. The highest BCUT2D eigenvalue weighted by atomic mass is 32.2. The predicted octanol–water partition coefficient (Wildman–Crippen LogP) is 0.410. The van der Waals surface area contributed by atoms with Gasteiger partial charge in [-0.3, -0.25) is 4.79 Å². The molecule has 8 heteroatoms. The Labute approximate surface area is 102 Å². The summed E-state index contributed by atoms with van der Waals surface area (Å²) in [6.45, 7) is 0.721. The molecule has 1 unspecified atom stereocenters. The minimum absolute atomic E-state index is 0.0762. The van der Waals surface area contributed by atoms with Crippen LogP contribution < -0.4 is 5.84 Å². The summed E-state index contributed by atoms with van der Waals surface area (Å²) in [6.07, 6.45) is 1.89. The molecule has 0 amide bonds. The summed E-state index contributed by atoms with van der Waals surface area (Å²) in [5, 5.41) is 17.0. The summed E-state index contributed by atoms with van der Waals surface area (Å²) in [7, 11) is 0. The predicted molar refractivity (Wildman–Crippen MR) is 61.1 cm³/mol.